The summed E-state index contributed by atoms with van der Waals surface area (Å²) in [5.41, 5.74) is -1.75. The number of hydrogen-bond donors (Lipinski definition) is 0. The number of hydrogen-bond acceptors (Lipinski definition) is 6. The number of nitrogens with zero attached hydrogens (tertiary/aromatic N) is 3. The van der Waals surface area contributed by atoms with Gasteiger partial charge in [0, 0.05) is 33.5 Å². The van der Waals surface area contributed by atoms with E-state index in [0.717, 1.165) is 18.2 Å². The fourth-order valence-electron chi connectivity index (χ4n) is 5.46. The Morgan fingerprint density at radius 3 is 2.35 bits per heavy atom. The third-order valence-corrected chi connectivity index (χ3v) is 10.0. The predicted molar refractivity (Wildman–Crippen MR) is 152 cm³/mol. The minimum absolute atomic E-state index is 0.0110. The molecule has 4 heterocycles. The molecule has 3 aliphatic rings. The van der Waals surface area contributed by atoms with Crippen molar-refractivity contribution in [3.8, 4) is 11.5 Å². The zero-order chi connectivity index (χ0) is 30.6. The number of ether oxygens (including phenoxy) is 4. The van der Waals surface area contributed by atoms with Crippen LogP contribution in [0.25, 0.3) is 11.0 Å². The Bertz CT molecular complexity index is 1530. The van der Waals surface area contributed by atoms with Crippen molar-refractivity contribution >= 4 is 25.0 Å². The highest BCUT2D eigenvalue weighted by Crippen LogP contribution is 2.61. The van der Waals surface area contributed by atoms with Crippen molar-refractivity contribution in [3.05, 3.63) is 53.4 Å². The van der Waals surface area contributed by atoms with Gasteiger partial charge < -0.3 is 23.5 Å². The number of benzene rings is 1. The molecule has 1 saturated carbocycles. The Morgan fingerprint density at radius 2 is 1.79 bits per heavy atom. The van der Waals surface area contributed by atoms with Gasteiger partial charge in [-0.2, -0.15) is 13.2 Å². The quantitative estimate of drug-likeness (QED) is 0.138. The van der Waals surface area contributed by atoms with Crippen LogP contribution < -0.4 is 4.74 Å². The Kier molecular flexibility index (Phi) is 7.57. The van der Waals surface area contributed by atoms with Crippen LogP contribution in [0.2, 0.25) is 25.7 Å². The molecule has 0 atom stereocenters. The first-order valence-corrected chi connectivity index (χ1v) is 18.0. The van der Waals surface area contributed by atoms with Crippen LogP contribution in [-0.4, -0.2) is 62.7 Å². The molecule has 0 bridgehead atoms. The lowest BCUT2D eigenvalue weighted by Crippen LogP contribution is -2.51. The maximum Gasteiger partial charge on any atom is 0.398 e. The number of aromatic nitrogens is 2. The topological polar surface area (TPSA) is 67.1 Å². The van der Waals surface area contributed by atoms with E-state index in [0.29, 0.717) is 38.9 Å². The molecule has 1 aromatic carbocycles. The van der Waals surface area contributed by atoms with Crippen LogP contribution in [0.5, 0.6) is 11.5 Å². The molecule has 2 aromatic heterocycles. The lowest BCUT2D eigenvalue weighted by Gasteiger charge is -2.42. The SMILES string of the molecule is C[Si](C)(C)CCOCn1cc(C2(C(F)(F)F)CC2)c2c(Oc3c(F)cc(CC4=NCC5(COC5)CO4)cc3F)ccnc21. The second-order valence-electron chi connectivity index (χ2n) is 13.1. The molecule has 2 aliphatic heterocycles. The van der Waals surface area contributed by atoms with Crippen LogP contribution in [0.15, 0.2) is 35.6 Å². The van der Waals surface area contributed by atoms with Crippen LogP contribution >= 0.6 is 0 Å². The predicted octanol–water partition coefficient (Wildman–Crippen LogP) is 7.00. The van der Waals surface area contributed by atoms with Gasteiger partial charge in [-0.15, -0.1) is 0 Å². The Hall–Kier alpha value is -3.03. The molecule has 0 unspecified atom stereocenters. The highest BCUT2D eigenvalue weighted by Gasteiger charge is 2.65. The minimum atomic E-state index is -4.52. The summed E-state index contributed by atoms with van der Waals surface area (Å²) in [5.74, 6) is -2.44. The molecule has 13 heteroatoms. The molecule has 1 saturated heterocycles. The minimum Gasteiger partial charge on any atom is -0.480 e. The lowest BCUT2D eigenvalue weighted by molar-refractivity contribution is -0.160. The summed E-state index contributed by atoms with van der Waals surface area (Å²) in [7, 11) is -1.38. The van der Waals surface area contributed by atoms with Crippen molar-refractivity contribution in [1.82, 2.24) is 9.55 Å². The number of fused-ring (bicyclic) bond motifs is 1. The van der Waals surface area contributed by atoms with Crippen molar-refractivity contribution in [1.29, 1.82) is 0 Å². The normalized spacial score (nSPS) is 19.2. The fourth-order valence-corrected chi connectivity index (χ4v) is 6.21. The Balaban J connectivity index is 1.29. The van der Waals surface area contributed by atoms with E-state index in [1.807, 2.05) is 0 Å². The lowest BCUT2D eigenvalue weighted by atomic mass is 9.86. The van der Waals surface area contributed by atoms with Gasteiger partial charge in [-0.1, -0.05) is 19.6 Å². The highest BCUT2D eigenvalue weighted by atomic mass is 28.3. The van der Waals surface area contributed by atoms with Crippen LogP contribution in [0, 0.1) is 17.0 Å². The van der Waals surface area contributed by atoms with E-state index in [1.54, 1.807) is 0 Å². The van der Waals surface area contributed by atoms with Crippen molar-refractivity contribution in [2.24, 2.45) is 10.4 Å². The summed E-state index contributed by atoms with van der Waals surface area (Å²) in [6.45, 7) is 9.15. The largest absolute Gasteiger partial charge is 0.480 e. The second-order valence-corrected chi connectivity index (χ2v) is 18.7. The first-order chi connectivity index (χ1) is 20.3. The number of aliphatic imine (C=N–C) groups is 1. The van der Waals surface area contributed by atoms with Crippen LogP contribution in [0.1, 0.15) is 24.0 Å². The average molecular weight is 624 g/mol. The van der Waals surface area contributed by atoms with Gasteiger partial charge >= 0.3 is 6.18 Å². The summed E-state index contributed by atoms with van der Waals surface area (Å²) >= 11 is 0. The van der Waals surface area contributed by atoms with Crippen molar-refractivity contribution in [2.45, 2.75) is 63.3 Å². The molecule has 43 heavy (non-hydrogen) atoms. The second kappa shape index (κ2) is 10.8. The molecule has 3 aromatic rings. The van der Waals surface area contributed by atoms with Crippen LogP contribution in [0.3, 0.4) is 0 Å². The van der Waals surface area contributed by atoms with Crippen LogP contribution in [-0.2, 0) is 32.8 Å². The fraction of sp³-hybridized carbons (Fsp3) is 0.533. The number of rotatable bonds is 10. The first kappa shape index (κ1) is 30.0. The third-order valence-electron chi connectivity index (χ3n) is 8.33. The standard InChI is InChI=1S/C30H34F5N3O4Si/c1-43(2,3)9-8-39-18-38-13-20(29(5-6-29)30(33,34)35)25-23(4-7-36-27(25)38)42-26-21(31)10-19(11-22(26)32)12-24-37-14-28(17-41-24)15-40-16-28/h4,7,10-11,13H,5-6,8-9,12,14-18H2,1-3H3. The molecular formula is C30H34F5N3O4Si. The number of halogens is 5. The molecule has 2 fully saturated rings. The zero-order valence-electron chi connectivity index (χ0n) is 24.3. The summed E-state index contributed by atoms with van der Waals surface area (Å²) in [4.78, 5) is 8.73. The molecule has 0 radical (unpaired) electrons. The monoisotopic (exact) mass is 623 g/mol. The highest BCUT2D eigenvalue weighted by molar-refractivity contribution is 6.76. The van der Waals surface area contributed by atoms with Gasteiger partial charge in [-0.25, -0.2) is 13.8 Å². The van der Waals surface area contributed by atoms with Crippen molar-refractivity contribution < 1.29 is 40.9 Å². The Labute approximate surface area is 247 Å². The summed E-state index contributed by atoms with van der Waals surface area (Å²) < 4.78 is 97.5. The van der Waals surface area contributed by atoms with Gasteiger partial charge in [0.25, 0.3) is 0 Å². The summed E-state index contributed by atoms with van der Waals surface area (Å²) in [6, 6.07) is 4.45. The molecule has 1 spiro atoms. The number of pyridine rings is 1. The third kappa shape index (κ3) is 5.90. The van der Waals surface area contributed by atoms with Gasteiger partial charge in [-0.3, -0.25) is 4.99 Å². The van der Waals surface area contributed by atoms with Gasteiger partial charge in [0.1, 0.15) is 24.7 Å². The molecule has 232 valence electrons. The molecule has 7 nitrogen and oxygen atoms in total. The molecule has 6 rings (SSSR count). The van der Waals surface area contributed by atoms with Crippen molar-refractivity contribution in [2.75, 3.05) is 33.0 Å². The van der Waals surface area contributed by atoms with Gasteiger partial charge in [0.2, 0.25) is 0 Å². The van der Waals surface area contributed by atoms with Gasteiger partial charge in [0.15, 0.2) is 23.3 Å². The molecule has 0 N–H and O–H groups in total. The molecule has 1 aliphatic carbocycles. The summed E-state index contributed by atoms with van der Waals surface area (Å²) in [5, 5.41) is 0.0628. The maximum atomic E-state index is 15.3. The Morgan fingerprint density at radius 1 is 1.07 bits per heavy atom. The van der Waals surface area contributed by atoms with E-state index in [1.165, 1.54) is 23.0 Å². The van der Waals surface area contributed by atoms with E-state index < -0.39 is 37.0 Å². The van der Waals surface area contributed by atoms with E-state index in [-0.39, 0.29) is 59.3 Å². The smallest absolute Gasteiger partial charge is 0.398 e. The molecular weight excluding hydrogens is 589 g/mol. The zero-order valence-corrected chi connectivity index (χ0v) is 25.3. The van der Waals surface area contributed by atoms with Crippen LogP contribution in [0.4, 0.5) is 22.0 Å². The van der Waals surface area contributed by atoms with E-state index >= 15 is 8.78 Å². The van der Waals surface area contributed by atoms with Crippen molar-refractivity contribution in [3.63, 3.8) is 0 Å². The van der Waals surface area contributed by atoms with E-state index in [9.17, 15) is 13.2 Å². The molecule has 0 amide bonds. The summed E-state index contributed by atoms with van der Waals surface area (Å²) in [6.07, 6.45) is -1.90. The maximum absolute atomic E-state index is 15.3. The van der Waals surface area contributed by atoms with Gasteiger partial charge in [0.05, 0.1) is 36.0 Å². The average Bonchev–Trinajstić information content (AvgIpc) is 3.65. The van der Waals surface area contributed by atoms with Gasteiger partial charge in [-0.05, 0) is 48.2 Å². The van der Waals surface area contributed by atoms with E-state index in [4.69, 9.17) is 18.9 Å². The van der Waals surface area contributed by atoms with E-state index in [2.05, 4.69) is 29.6 Å². The first-order valence-electron chi connectivity index (χ1n) is 14.3. The number of alkyl halides is 3.